The van der Waals surface area contributed by atoms with Crippen LogP contribution in [0.2, 0.25) is 0 Å². The van der Waals surface area contributed by atoms with Crippen LogP contribution in [0, 0.1) is 0 Å². The second-order valence-electron chi connectivity index (χ2n) is 17.1. The Hall–Kier alpha value is -2.11. The molecule has 58 heavy (non-hydrogen) atoms. The molecule has 0 aliphatic heterocycles. The van der Waals surface area contributed by atoms with Crippen molar-refractivity contribution in [3.63, 3.8) is 0 Å². The van der Waals surface area contributed by atoms with Crippen LogP contribution in [0.5, 0.6) is 0 Å². The van der Waals surface area contributed by atoms with E-state index in [4.69, 9.17) is 14.2 Å². The molecule has 6 nitrogen and oxygen atoms in total. The van der Waals surface area contributed by atoms with E-state index in [1.165, 1.54) is 148 Å². The molecule has 6 heteroatoms. The number of carbonyl (C=O) groups excluding carboxylic acids is 3. The molecule has 0 aromatic carbocycles. The second-order valence-corrected chi connectivity index (χ2v) is 17.1. The zero-order chi connectivity index (χ0) is 42.3. The molecule has 0 aromatic rings. The van der Waals surface area contributed by atoms with Gasteiger partial charge in [0.05, 0.1) is 0 Å². The molecule has 0 spiro atoms. The molecule has 0 heterocycles. The molecule has 1 unspecified atom stereocenters. The third-order valence-electron chi connectivity index (χ3n) is 11.2. The van der Waals surface area contributed by atoms with Crippen molar-refractivity contribution in [1.29, 1.82) is 0 Å². The minimum Gasteiger partial charge on any atom is -0.462 e. The van der Waals surface area contributed by atoms with Gasteiger partial charge >= 0.3 is 17.9 Å². The van der Waals surface area contributed by atoms with E-state index < -0.39 is 6.10 Å². The normalized spacial score (nSPS) is 12.1. The first-order valence-electron chi connectivity index (χ1n) is 25.3. The molecular formula is C52H96O6. The minimum absolute atomic E-state index is 0.0785. The lowest BCUT2D eigenvalue weighted by atomic mass is 10.0. The molecule has 0 aliphatic rings. The van der Waals surface area contributed by atoms with E-state index in [0.29, 0.717) is 19.3 Å². The topological polar surface area (TPSA) is 78.9 Å². The summed E-state index contributed by atoms with van der Waals surface area (Å²) in [5, 5.41) is 0. The van der Waals surface area contributed by atoms with Crippen molar-refractivity contribution in [3.8, 4) is 0 Å². The summed E-state index contributed by atoms with van der Waals surface area (Å²) in [6.07, 6.45) is 53.0. The van der Waals surface area contributed by atoms with Gasteiger partial charge in [0.25, 0.3) is 0 Å². The second kappa shape index (κ2) is 47.6. The van der Waals surface area contributed by atoms with Gasteiger partial charge in [0.2, 0.25) is 0 Å². The van der Waals surface area contributed by atoms with Gasteiger partial charge in [-0.2, -0.15) is 0 Å². The van der Waals surface area contributed by atoms with Crippen molar-refractivity contribution in [3.05, 3.63) is 24.3 Å². The van der Waals surface area contributed by atoms with Crippen LogP contribution in [-0.4, -0.2) is 37.2 Å². The Morgan fingerprint density at radius 2 is 0.569 bits per heavy atom. The summed E-state index contributed by atoms with van der Waals surface area (Å²) in [6, 6.07) is 0. The maximum absolute atomic E-state index is 12.8. The van der Waals surface area contributed by atoms with Gasteiger partial charge in [-0.15, -0.1) is 0 Å². The van der Waals surface area contributed by atoms with Crippen LogP contribution in [0.25, 0.3) is 0 Å². The van der Waals surface area contributed by atoms with Crippen LogP contribution < -0.4 is 0 Å². The number of rotatable bonds is 46. The van der Waals surface area contributed by atoms with Crippen LogP contribution in [0.4, 0.5) is 0 Å². The Bertz CT molecular complexity index is 942. The first kappa shape index (κ1) is 55.9. The van der Waals surface area contributed by atoms with Crippen LogP contribution in [-0.2, 0) is 28.6 Å². The van der Waals surface area contributed by atoms with Crippen LogP contribution in [0.15, 0.2) is 24.3 Å². The molecule has 0 rings (SSSR count). The molecule has 0 fully saturated rings. The molecule has 0 radical (unpaired) electrons. The van der Waals surface area contributed by atoms with Gasteiger partial charge in [-0.1, -0.05) is 206 Å². The minimum atomic E-state index is -0.779. The number of hydrogen-bond donors (Lipinski definition) is 0. The summed E-state index contributed by atoms with van der Waals surface area (Å²) in [5.41, 5.74) is 0. The predicted molar refractivity (Wildman–Crippen MR) is 247 cm³/mol. The highest BCUT2D eigenvalue weighted by molar-refractivity contribution is 5.71. The smallest absolute Gasteiger partial charge is 0.306 e. The van der Waals surface area contributed by atoms with Crippen molar-refractivity contribution in [2.45, 2.75) is 277 Å². The van der Waals surface area contributed by atoms with Crippen molar-refractivity contribution >= 4 is 17.9 Å². The molecule has 0 bridgehead atoms. The Morgan fingerprint density at radius 3 is 0.879 bits per heavy atom. The molecule has 0 amide bonds. The fourth-order valence-electron chi connectivity index (χ4n) is 7.31. The van der Waals surface area contributed by atoms with Crippen LogP contribution in [0.1, 0.15) is 271 Å². The molecule has 340 valence electrons. The summed E-state index contributed by atoms with van der Waals surface area (Å²) in [5.74, 6) is -0.901. The van der Waals surface area contributed by atoms with E-state index in [0.717, 1.165) is 83.5 Å². The maximum Gasteiger partial charge on any atom is 0.306 e. The quantitative estimate of drug-likeness (QED) is 0.0263. The van der Waals surface area contributed by atoms with Crippen molar-refractivity contribution in [2.75, 3.05) is 13.2 Å². The Kier molecular flexibility index (Phi) is 45.8. The highest BCUT2D eigenvalue weighted by atomic mass is 16.6. The number of hydrogen-bond acceptors (Lipinski definition) is 6. The number of ether oxygens (including phenoxy) is 3. The monoisotopic (exact) mass is 817 g/mol. The third kappa shape index (κ3) is 45.0. The summed E-state index contributed by atoms with van der Waals surface area (Å²) in [7, 11) is 0. The Labute approximate surface area is 360 Å². The highest BCUT2D eigenvalue weighted by Crippen LogP contribution is 2.15. The zero-order valence-electron chi connectivity index (χ0n) is 38.8. The molecule has 0 aliphatic carbocycles. The summed E-state index contributed by atoms with van der Waals surface area (Å²) in [6.45, 7) is 6.62. The van der Waals surface area contributed by atoms with Gasteiger partial charge in [-0.3, -0.25) is 14.4 Å². The predicted octanol–water partition coefficient (Wildman–Crippen LogP) is 16.4. The maximum atomic E-state index is 12.8. The third-order valence-corrected chi connectivity index (χ3v) is 11.2. The molecule has 0 saturated carbocycles. The van der Waals surface area contributed by atoms with Crippen LogP contribution >= 0.6 is 0 Å². The number of carbonyl (C=O) groups is 3. The summed E-state index contributed by atoms with van der Waals surface area (Å²) in [4.78, 5) is 37.9. The number of esters is 3. The highest BCUT2D eigenvalue weighted by Gasteiger charge is 2.19. The summed E-state index contributed by atoms with van der Waals surface area (Å²) >= 11 is 0. The van der Waals surface area contributed by atoms with E-state index in [9.17, 15) is 14.4 Å². The Balaban J connectivity index is 4.39. The standard InChI is InChI=1S/C52H96O6/c1-4-7-10-13-16-19-22-25-27-30-33-36-39-42-45-51(54)57-48-49(47-56-50(53)44-41-38-35-32-29-24-21-18-15-12-9-6-3)58-52(55)46-43-40-37-34-31-28-26-23-20-17-14-11-8-5-2/h27-28,30-31,49H,4-26,29,32-48H2,1-3H3/b30-27-,31-28-. The first-order valence-corrected chi connectivity index (χ1v) is 25.3. The van der Waals surface area contributed by atoms with E-state index in [1.54, 1.807) is 0 Å². The molecular weight excluding hydrogens is 721 g/mol. The van der Waals surface area contributed by atoms with Gasteiger partial charge in [0, 0.05) is 19.3 Å². The van der Waals surface area contributed by atoms with Gasteiger partial charge in [0.15, 0.2) is 6.10 Å². The van der Waals surface area contributed by atoms with E-state index in [2.05, 4.69) is 45.1 Å². The largest absolute Gasteiger partial charge is 0.462 e. The molecule has 0 saturated heterocycles. The fraction of sp³-hybridized carbons (Fsp3) is 0.865. The lowest BCUT2D eigenvalue weighted by molar-refractivity contribution is -0.167. The average molecular weight is 817 g/mol. The van der Waals surface area contributed by atoms with E-state index in [-0.39, 0.29) is 31.1 Å². The molecule has 0 N–H and O–H groups in total. The van der Waals surface area contributed by atoms with Gasteiger partial charge < -0.3 is 14.2 Å². The molecule has 1 atom stereocenters. The lowest BCUT2D eigenvalue weighted by Crippen LogP contribution is -2.30. The zero-order valence-corrected chi connectivity index (χ0v) is 38.8. The van der Waals surface area contributed by atoms with Gasteiger partial charge in [0.1, 0.15) is 13.2 Å². The summed E-state index contributed by atoms with van der Waals surface area (Å²) < 4.78 is 16.7. The van der Waals surface area contributed by atoms with Gasteiger partial charge in [-0.05, 0) is 70.6 Å². The average Bonchev–Trinajstić information content (AvgIpc) is 3.22. The van der Waals surface area contributed by atoms with Crippen molar-refractivity contribution in [1.82, 2.24) is 0 Å². The lowest BCUT2D eigenvalue weighted by Gasteiger charge is -2.18. The van der Waals surface area contributed by atoms with Crippen LogP contribution in [0.3, 0.4) is 0 Å². The van der Waals surface area contributed by atoms with Crippen molar-refractivity contribution < 1.29 is 28.6 Å². The Morgan fingerprint density at radius 1 is 0.328 bits per heavy atom. The number of unbranched alkanes of at least 4 members (excludes halogenated alkanes) is 31. The van der Waals surface area contributed by atoms with Crippen molar-refractivity contribution in [2.24, 2.45) is 0 Å². The van der Waals surface area contributed by atoms with Gasteiger partial charge in [-0.25, -0.2) is 0 Å². The SMILES string of the molecule is CCCCCCCCC/C=C\CCCCCC(=O)OCC(COC(=O)CCCCCCCCCCCCCC)OC(=O)CCCCC/C=C\CCCCCCCCC. The van der Waals surface area contributed by atoms with E-state index >= 15 is 0 Å². The number of allylic oxidation sites excluding steroid dienone is 4. The molecule has 0 aromatic heterocycles. The fourth-order valence-corrected chi connectivity index (χ4v) is 7.31. The van der Waals surface area contributed by atoms with E-state index in [1.807, 2.05) is 0 Å². The first-order chi connectivity index (χ1) is 28.5.